The molecule has 0 aromatic heterocycles. The van der Waals surface area contributed by atoms with E-state index >= 15 is 0 Å². The van der Waals surface area contributed by atoms with E-state index in [-0.39, 0.29) is 17.4 Å². The van der Waals surface area contributed by atoms with E-state index in [4.69, 9.17) is 17.0 Å². The van der Waals surface area contributed by atoms with Crippen LogP contribution in [0, 0.1) is 0 Å². The number of morpholine rings is 1. The molecule has 2 heterocycles. The van der Waals surface area contributed by atoms with E-state index in [9.17, 15) is 4.79 Å². The van der Waals surface area contributed by atoms with Crippen molar-refractivity contribution in [3.63, 3.8) is 0 Å². The van der Waals surface area contributed by atoms with Crippen molar-refractivity contribution in [3.8, 4) is 0 Å². The lowest BCUT2D eigenvalue weighted by molar-refractivity contribution is -0.131. The standard InChI is InChI=1S/C20H27N3O2S/c1-13-16(18(24)23-9-11-25-12-10-23)17(22-19(26)21-13)14-5-7-15(8-6-14)20(2,3)4/h5-8,17H,9-12H2,1-4H3,(H2,21,22,26)/t17-/m1/s1. The Balaban J connectivity index is 1.93. The van der Waals surface area contributed by atoms with Crippen LogP contribution in [0.3, 0.4) is 0 Å². The van der Waals surface area contributed by atoms with E-state index in [0.717, 1.165) is 16.8 Å². The Morgan fingerprint density at radius 3 is 2.38 bits per heavy atom. The summed E-state index contributed by atoms with van der Waals surface area (Å²) in [6.07, 6.45) is 0. The molecule has 3 rings (SSSR count). The first-order chi connectivity index (χ1) is 12.3. The molecule has 1 saturated heterocycles. The summed E-state index contributed by atoms with van der Waals surface area (Å²) in [5, 5.41) is 6.93. The van der Waals surface area contributed by atoms with E-state index in [0.29, 0.717) is 31.4 Å². The van der Waals surface area contributed by atoms with Crippen LogP contribution in [-0.2, 0) is 14.9 Å². The summed E-state index contributed by atoms with van der Waals surface area (Å²) in [5.41, 5.74) is 3.93. The minimum Gasteiger partial charge on any atom is -0.378 e. The number of nitrogens with zero attached hydrogens (tertiary/aromatic N) is 1. The fraction of sp³-hybridized carbons (Fsp3) is 0.500. The van der Waals surface area contributed by atoms with Gasteiger partial charge in [-0.1, -0.05) is 45.0 Å². The van der Waals surface area contributed by atoms with Crippen LogP contribution in [0.5, 0.6) is 0 Å². The average Bonchev–Trinajstić information content (AvgIpc) is 2.61. The van der Waals surface area contributed by atoms with Gasteiger partial charge in [-0.05, 0) is 35.7 Å². The molecule has 6 heteroatoms. The Bertz CT molecular complexity index is 728. The van der Waals surface area contributed by atoms with Crippen molar-refractivity contribution in [3.05, 3.63) is 46.7 Å². The van der Waals surface area contributed by atoms with Crippen LogP contribution in [0.4, 0.5) is 0 Å². The Morgan fingerprint density at radius 1 is 1.19 bits per heavy atom. The molecule has 1 aromatic rings. The van der Waals surface area contributed by atoms with E-state index in [1.54, 1.807) is 0 Å². The Kier molecular flexibility index (Phi) is 5.34. The average molecular weight is 374 g/mol. The van der Waals surface area contributed by atoms with Crippen LogP contribution in [0.2, 0.25) is 0 Å². The molecule has 2 N–H and O–H groups in total. The van der Waals surface area contributed by atoms with Crippen molar-refractivity contribution in [2.45, 2.75) is 39.2 Å². The molecule has 140 valence electrons. The number of carbonyl (C=O) groups excluding carboxylic acids is 1. The third-order valence-corrected chi connectivity index (χ3v) is 5.13. The van der Waals surface area contributed by atoms with Gasteiger partial charge in [0.2, 0.25) is 0 Å². The zero-order chi connectivity index (χ0) is 18.9. The first-order valence-electron chi connectivity index (χ1n) is 9.03. The Labute approximate surface area is 160 Å². The lowest BCUT2D eigenvalue weighted by Crippen LogP contribution is -2.49. The normalized spacial score (nSPS) is 21.3. The minimum absolute atomic E-state index is 0.0400. The highest BCUT2D eigenvalue weighted by Crippen LogP contribution is 2.30. The molecule has 1 fully saturated rings. The van der Waals surface area contributed by atoms with Crippen molar-refractivity contribution < 1.29 is 9.53 Å². The number of allylic oxidation sites excluding steroid dienone is 1. The quantitative estimate of drug-likeness (QED) is 0.781. The lowest BCUT2D eigenvalue weighted by Gasteiger charge is -2.35. The van der Waals surface area contributed by atoms with Crippen molar-refractivity contribution in [1.29, 1.82) is 0 Å². The molecule has 0 bridgehead atoms. The number of amides is 1. The number of benzene rings is 1. The molecule has 1 amide bonds. The summed E-state index contributed by atoms with van der Waals surface area (Å²) in [6.45, 7) is 10.9. The van der Waals surface area contributed by atoms with Crippen LogP contribution in [0.1, 0.15) is 44.9 Å². The van der Waals surface area contributed by atoms with E-state index in [1.165, 1.54) is 5.56 Å². The van der Waals surface area contributed by atoms with Crippen LogP contribution in [0.25, 0.3) is 0 Å². The predicted octanol–water partition coefficient (Wildman–Crippen LogP) is 2.64. The molecule has 0 unspecified atom stereocenters. The second kappa shape index (κ2) is 7.37. The molecule has 0 spiro atoms. The van der Waals surface area contributed by atoms with Gasteiger partial charge >= 0.3 is 0 Å². The predicted molar refractivity (Wildman–Crippen MR) is 107 cm³/mol. The molecule has 2 aliphatic heterocycles. The molecular formula is C20H27N3O2S. The summed E-state index contributed by atoms with van der Waals surface area (Å²) in [5.74, 6) is 0.0400. The fourth-order valence-electron chi connectivity index (χ4n) is 3.34. The highest BCUT2D eigenvalue weighted by Gasteiger charge is 2.33. The third-order valence-electron chi connectivity index (χ3n) is 4.91. The summed E-state index contributed by atoms with van der Waals surface area (Å²) in [4.78, 5) is 15.0. The molecule has 1 aromatic carbocycles. The maximum Gasteiger partial charge on any atom is 0.254 e. The lowest BCUT2D eigenvalue weighted by atomic mass is 9.85. The van der Waals surface area contributed by atoms with Gasteiger partial charge < -0.3 is 20.3 Å². The summed E-state index contributed by atoms with van der Waals surface area (Å²) in [6, 6.07) is 8.20. The van der Waals surface area contributed by atoms with Gasteiger partial charge in [-0.3, -0.25) is 4.79 Å². The number of ether oxygens (including phenoxy) is 1. The van der Waals surface area contributed by atoms with Gasteiger partial charge in [-0.15, -0.1) is 0 Å². The first-order valence-corrected chi connectivity index (χ1v) is 9.44. The van der Waals surface area contributed by atoms with Gasteiger partial charge in [0, 0.05) is 18.8 Å². The number of hydrogen-bond donors (Lipinski definition) is 2. The third kappa shape index (κ3) is 3.91. The molecule has 26 heavy (non-hydrogen) atoms. The molecule has 5 nitrogen and oxygen atoms in total. The van der Waals surface area contributed by atoms with Crippen LogP contribution >= 0.6 is 12.2 Å². The number of nitrogens with one attached hydrogen (secondary N) is 2. The molecule has 0 aliphatic carbocycles. The minimum atomic E-state index is -0.242. The first kappa shape index (κ1) is 18.9. The van der Waals surface area contributed by atoms with Crippen molar-refractivity contribution in [2.24, 2.45) is 0 Å². The summed E-state index contributed by atoms with van der Waals surface area (Å²) >= 11 is 5.34. The zero-order valence-corrected chi connectivity index (χ0v) is 16.7. The molecule has 1 atom stereocenters. The zero-order valence-electron chi connectivity index (χ0n) is 15.9. The number of thiocarbonyl (C=S) groups is 1. The summed E-state index contributed by atoms with van der Waals surface area (Å²) < 4.78 is 5.38. The Morgan fingerprint density at radius 2 is 1.81 bits per heavy atom. The van der Waals surface area contributed by atoms with Gasteiger partial charge in [-0.25, -0.2) is 0 Å². The van der Waals surface area contributed by atoms with Gasteiger partial charge in [0.05, 0.1) is 24.8 Å². The summed E-state index contributed by atoms with van der Waals surface area (Å²) in [7, 11) is 0. The highest BCUT2D eigenvalue weighted by atomic mass is 32.1. The van der Waals surface area contributed by atoms with Crippen molar-refractivity contribution in [1.82, 2.24) is 15.5 Å². The highest BCUT2D eigenvalue weighted by molar-refractivity contribution is 7.80. The van der Waals surface area contributed by atoms with Crippen LogP contribution in [0.15, 0.2) is 35.5 Å². The maximum atomic E-state index is 13.2. The van der Waals surface area contributed by atoms with Crippen molar-refractivity contribution >= 4 is 23.2 Å². The monoisotopic (exact) mass is 373 g/mol. The number of hydrogen-bond acceptors (Lipinski definition) is 3. The largest absolute Gasteiger partial charge is 0.378 e. The molecular weight excluding hydrogens is 346 g/mol. The van der Waals surface area contributed by atoms with Gasteiger partial charge in [0.15, 0.2) is 5.11 Å². The molecule has 0 saturated carbocycles. The topological polar surface area (TPSA) is 53.6 Å². The molecule has 2 aliphatic rings. The van der Waals surface area contributed by atoms with Crippen LogP contribution < -0.4 is 10.6 Å². The molecule has 0 radical (unpaired) electrons. The van der Waals surface area contributed by atoms with E-state index in [1.807, 2.05) is 11.8 Å². The van der Waals surface area contributed by atoms with E-state index in [2.05, 4.69) is 55.7 Å². The number of rotatable bonds is 2. The van der Waals surface area contributed by atoms with Gasteiger partial charge in [-0.2, -0.15) is 0 Å². The second-order valence-electron chi connectivity index (χ2n) is 7.85. The van der Waals surface area contributed by atoms with Crippen LogP contribution in [-0.4, -0.2) is 42.2 Å². The maximum absolute atomic E-state index is 13.2. The fourth-order valence-corrected chi connectivity index (χ4v) is 3.61. The van der Waals surface area contributed by atoms with Crippen molar-refractivity contribution in [2.75, 3.05) is 26.3 Å². The smallest absolute Gasteiger partial charge is 0.254 e. The second-order valence-corrected chi connectivity index (χ2v) is 8.25. The number of carbonyl (C=O) groups is 1. The van der Waals surface area contributed by atoms with Gasteiger partial charge in [0.25, 0.3) is 5.91 Å². The SMILES string of the molecule is CC1=C(C(=O)N2CCOCC2)[C@@H](c2ccc(C(C)(C)C)cc2)NC(=S)N1. The Hall–Kier alpha value is -1.92. The van der Waals surface area contributed by atoms with Gasteiger partial charge in [0.1, 0.15) is 0 Å². The van der Waals surface area contributed by atoms with E-state index < -0.39 is 0 Å².